The molecule has 90 valence electrons. The predicted molar refractivity (Wildman–Crippen MR) is 59.2 cm³/mol. The molecular formula is C9H17N5O2. The number of aromatic nitrogens is 3. The lowest BCUT2D eigenvalue weighted by molar-refractivity contribution is 0.189. The molecule has 0 aliphatic carbocycles. The Morgan fingerprint density at radius 2 is 2.00 bits per heavy atom. The lowest BCUT2D eigenvalue weighted by atomic mass is 10.2. The molecule has 16 heavy (non-hydrogen) atoms. The maximum Gasteiger partial charge on any atom is 0.324 e. The van der Waals surface area contributed by atoms with E-state index in [2.05, 4.69) is 27.3 Å². The number of hydrazine groups is 1. The summed E-state index contributed by atoms with van der Waals surface area (Å²) in [7, 11) is 1.47. The van der Waals surface area contributed by atoms with Crippen molar-refractivity contribution in [2.45, 2.75) is 32.8 Å². The molecule has 1 unspecified atom stereocenters. The van der Waals surface area contributed by atoms with Gasteiger partial charge in [-0.25, -0.2) is 5.84 Å². The van der Waals surface area contributed by atoms with Crippen molar-refractivity contribution in [1.29, 1.82) is 0 Å². The minimum atomic E-state index is 0.0442. The van der Waals surface area contributed by atoms with E-state index in [9.17, 15) is 0 Å². The SMILES string of the molecule is CCCC(C)Oc1nc(NN)nc(OC)n1. The largest absolute Gasteiger partial charge is 0.467 e. The molecular weight excluding hydrogens is 210 g/mol. The molecule has 1 aromatic heterocycles. The summed E-state index contributed by atoms with van der Waals surface area (Å²) < 4.78 is 10.4. The van der Waals surface area contributed by atoms with Crippen LogP contribution < -0.4 is 20.7 Å². The molecule has 0 spiro atoms. The molecule has 0 aliphatic rings. The molecule has 0 bridgehead atoms. The van der Waals surface area contributed by atoms with E-state index in [0.717, 1.165) is 12.8 Å². The fourth-order valence-electron chi connectivity index (χ4n) is 1.19. The summed E-state index contributed by atoms with van der Waals surface area (Å²) in [6, 6.07) is 0.377. The number of nitrogens with two attached hydrogens (primary N) is 1. The second-order valence-electron chi connectivity index (χ2n) is 3.29. The predicted octanol–water partition coefficient (Wildman–Crippen LogP) is 0.733. The van der Waals surface area contributed by atoms with Gasteiger partial charge in [0.15, 0.2) is 0 Å². The topological polar surface area (TPSA) is 95.2 Å². The van der Waals surface area contributed by atoms with E-state index >= 15 is 0 Å². The second-order valence-corrected chi connectivity index (χ2v) is 3.29. The Labute approximate surface area is 94.4 Å². The zero-order valence-electron chi connectivity index (χ0n) is 9.73. The Bertz CT molecular complexity index is 311. The summed E-state index contributed by atoms with van der Waals surface area (Å²) >= 11 is 0. The highest BCUT2D eigenvalue weighted by atomic mass is 16.5. The van der Waals surface area contributed by atoms with Crippen LogP contribution in [0, 0.1) is 0 Å². The van der Waals surface area contributed by atoms with Gasteiger partial charge in [0, 0.05) is 0 Å². The fourth-order valence-corrected chi connectivity index (χ4v) is 1.19. The van der Waals surface area contributed by atoms with Gasteiger partial charge in [0.1, 0.15) is 0 Å². The number of nitrogen functional groups attached to an aromatic ring is 1. The Kier molecular flexibility index (Phi) is 4.71. The smallest absolute Gasteiger partial charge is 0.324 e. The zero-order chi connectivity index (χ0) is 12.0. The normalized spacial score (nSPS) is 12.0. The molecule has 0 amide bonds. The van der Waals surface area contributed by atoms with Crippen LogP contribution >= 0.6 is 0 Å². The molecule has 0 saturated carbocycles. The van der Waals surface area contributed by atoms with Crippen LogP contribution in [-0.2, 0) is 0 Å². The lowest BCUT2D eigenvalue weighted by Crippen LogP contribution is -2.16. The summed E-state index contributed by atoms with van der Waals surface area (Å²) in [5.41, 5.74) is 2.33. The highest BCUT2D eigenvalue weighted by Crippen LogP contribution is 2.14. The average molecular weight is 227 g/mol. The summed E-state index contributed by atoms with van der Waals surface area (Å²) in [4.78, 5) is 11.8. The molecule has 1 rings (SSSR count). The van der Waals surface area contributed by atoms with Gasteiger partial charge in [-0.15, -0.1) is 4.98 Å². The third-order valence-corrected chi connectivity index (χ3v) is 1.91. The molecule has 7 heteroatoms. The van der Waals surface area contributed by atoms with Crippen molar-refractivity contribution < 1.29 is 9.47 Å². The molecule has 1 heterocycles. The van der Waals surface area contributed by atoms with Gasteiger partial charge >= 0.3 is 12.0 Å². The van der Waals surface area contributed by atoms with Gasteiger partial charge in [-0.2, -0.15) is 9.97 Å². The van der Waals surface area contributed by atoms with Crippen molar-refractivity contribution in [2.75, 3.05) is 12.5 Å². The van der Waals surface area contributed by atoms with Crippen LogP contribution in [0.3, 0.4) is 0 Å². The van der Waals surface area contributed by atoms with Gasteiger partial charge in [0.25, 0.3) is 0 Å². The van der Waals surface area contributed by atoms with Crippen molar-refractivity contribution in [3.8, 4) is 12.0 Å². The van der Waals surface area contributed by atoms with Crippen molar-refractivity contribution in [3.63, 3.8) is 0 Å². The summed E-state index contributed by atoms with van der Waals surface area (Å²) in [6.07, 6.45) is 2.01. The number of methoxy groups -OCH3 is 1. The maximum absolute atomic E-state index is 5.50. The molecule has 3 N–H and O–H groups in total. The molecule has 0 radical (unpaired) electrons. The molecule has 0 aliphatic heterocycles. The zero-order valence-corrected chi connectivity index (χ0v) is 9.73. The lowest BCUT2D eigenvalue weighted by Gasteiger charge is -2.12. The first kappa shape index (κ1) is 12.4. The standard InChI is InChI=1S/C9H17N5O2/c1-4-5-6(2)16-9-12-7(14-10)11-8(13-9)15-3/h6H,4-5,10H2,1-3H3,(H,11,12,13,14). The first-order valence-electron chi connectivity index (χ1n) is 5.13. The monoisotopic (exact) mass is 227 g/mol. The Morgan fingerprint density at radius 1 is 1.31 bits per heavy atom. The minimum Gasteiger partial charge on any atom is -0.467 e. The van der Waals surface area contributed by atoms with Gasteiger partial charge in [-0.1, -0.05) is 13.3 Å². The van der Waals surface area contributed by atoms with Crippen molar-refractivity contribution in [2.24, 2.45) is 5.84 Å². The van der Waals surface area contributed by atoms with E-state index in [0.29, 0.717) is 0 Å². The third-order valence-electron chi connectivity index (χ3n) is 1.91. The van der Waals surface area contributed by atoms with Crippen LogP contribution in [0.1, 0.15) is 26.7 Å². The minimum absolute atomic E-state index is 0.0442. The summed E-state index contributed by atoms with van der Waals surface area (Å²) in [6.45, 7) is 4.04. The van der Waals surface area contributed by atoms with E-state index in [1.54, 1.807) is 0 Å². The quantitative estimate of drug-likeness (QED) is 0.546. The van der Waals surface area contributed by atoms with Gasteiger partial charge in [-0.05, 0) is 13.3 Å². The summed E-state index contributed by atoms with van der Waals surface area (Å²) in [5.74, 6) is 5.43. The van der Waals surface area contributed by atoms with Crippen LogP contribution in [-0.4, -0.2) is 28.2 Å². The van der Waals surface area contributed by atoms with Gasteiger partial charge in [-0.3, -0.25) is 5.43 Å². The van der Waals surface area contributed by atoms with Gasteiger partial charge in [0.05, 0.1) is 13.2 Å². The van der Waals surface area contributed by atoms with Gasteiger partial charge in [0.2, 0.25) is 5.95 Å². The highest BCUT2D eigenvalue weighted by Gasteiger charge is 2.10. The molecule has 0 aromatic carbocycles. The van der Waals surface area contributed by atoms with Crippen LogP contribution in [0.5, 0.6) is 12.0 Å². The molecule has 0 fully saturated rings. The number of nitrogens with zero attached hydrogens (tertiary/aromatic N) is 3. The van der Waals surface area contributed by atoms with E-state index < -0.39 is 0 Å². The van der Waals surface area contributed by atoms with E-state index in [4.69, 9.17) is 15.3 Å². The highest BCUT2D eigenvalue weighted by molar-refractivity contribution is 5.25. The number of hydrogen-bond donors (Lipinski definition) is 2. The van der Waals surface area contributed by atoms with Crippen LogP contribution in [0.15, 0.2) is 0 Å². The second kappa shape index (κ2) is 6.06. The van der Waals surface area contributed by atoms with Crippen LogP contribution in [0.2, 0.25) is 0 Å². The first-order chi connectivity index (χ1) is 7.69. The van der Waals surface area contributed by atoms with Crippen LogP contribution in [0.25, 0.3) is 0 Å². The number of hydrogen-bond acceptors (Lipinski definition) is 7. The van der Waals surface area contributed by atoms with Crippen molar-refractivity contribution >= 4 is 5.95 Å². The number of ether oxygens (including phenoxy) is 2. The molecule has 1 atom stereocenters. The maximum atomic E-state index is 5.50. The van der Waals surface area contributed by atoms with Crippen LogP contribution in [0.4, 0.5) is 5.95 Å². The number of rotatable bonds is 6. The Hall–Kier alpha value is -1.63. The molecule has 1 aromatic rings. The number of anilines is 1. The average Bonchev–Trinajstić information content (AvgIpc) is 2.28. The third kappa shape index (κ3) is 3.50. The van der Waals surface area contributed by atoms with Crippen molar-refractivity contribution in [1.82, 2.24) is 15.0 Å². The number of nitrogens with one attached hydrogen (secondary N) is 1. The Morgan fingerprint density at radius 3 is 2.56 bits per heavy atom. The molecule has 7 nitrogen and oxygen atoms in total. The van der Waals surface area contributed by atoms with E-state index in [1.165, 1.54) is 7.11 Å². The van der Waals surface area contributed by atoms with E-state index in [-0.39, 0.29) is 24.1 Å². The molecule has 0 saturated heterocycles. The Balaban J connectivity index is 2.78. The van der Waals surface area contributed by atoms with Crippen molar-refractivity contribution in [3.05, 3.63) is 0 Å². The summed E-state index contributed by atoms with van der Waals surface area (Å²) in [5, 5.41) is 0. The fraction of sp³-hybridized carbons (Fsp3) is 0.667. The van der Waals surface area contributed by atoms with E-state index in [1.807, 2.05) is 6.92 Å². The van der Waals surface area contributed by atoms with Gasteiger partial charge < -0.3 is 9.47 Å². The first-order valence-corrected chi connectivity index (χ1v) is 5.13.